The lowest BCUT2D eigenvalue weighted by Gasteiger charge is -2.11. The van der Waals surface area contributed by atoms with E-state index >= 15 is 0 Å². The number of ether oxygens (including phenoxy) is 2. The molecule has 7 nitrogen and oxygen atoms in total. The van der Waals surface area contributed by atoms with Gasteiger partial charge in [-0.05, 0) is 49.4 Å². The van der Waals surface area contributed by atoms with Gasteiger partial charge in [0.2, 0.25) is 9.84 Å². The first-order valence-corrected chi connectivity index (χ1v) is 10.8. The number of benzene rings is 2. The average Bonchev–Trinajstić information content (AvgIpc) is 3.18. The zero-order valence-corrected chi connectivity index (χ0v) is 17.4. The van der Waals surface area contributed by atoms with Crippen molar-refractivity contribution in [2.75, 3.05) is 12.5 Å². The zero-order chi connectivity index (χ0) is 21.0. The second-order valence-corrected chi connectivity index (χ2v) is 8.43. The molecule has 0 fully saturated rings. The smallest absolute Gasteiger partial charge is 0.303 e. The summed E-state index contributed by atoms with van der Waals surface area (Å²) < 4.78 is 36.3. The minimum absolute atomic E-state index is 0.0632. The van der Waals surface area contributed by atoms with Crippen molar-refractivity contribution in [1.29, 1.82) is 0 Å². The van der Waals surface area contributed by atoms with Crippen LogP contribution in [-0.4, -0.2) is 36.5 Å². The Bertz CT molecular complexity index is 1120. The molecule has 0 spiro atoms. The van der Waals surface area contributed by atoms with Crippen molar-refractivity contribution in [3.63, 3.8) is 0 Å². The Kier molecular flexibility index (Phi) is 6.24. The number of hydrogen-bond acceptors (Lipinski definition) is 6. The van der Waals surface area contributed by atoms with Crippen molar-refractivity contribution in [3.8, 4) is 22.7 Å². The molecule has 1 aromatic heterocycles. The maximum Gasteiger partial charge on any atom is 0.303 e. The Balaban J connectivity index is 1.89. The van der Waals surface area contributed by atoms with E-state index in [4.69, 9.17) is 16.3 Å². The predicted molar refractivity (Wildman–Crippen MR) is 109 cm³/mol. The highest BCUT2D eigenvalue weighted by molar-refractivity contribution is 7.91. The van der Waals surface area contributed by atoms with Crippen molar-refractivity contribution >= 4 is 27.4 Å². The molecular weight excluding hydrogens is 416 g/mol. The minimum Gasteiger partial charge on any atom is -0.492 e. The van der Waals surface area contributed by atoms with Crippen LogP contribution in [0.5, 0.6) is 5.75 Å². The summed E-state index contributed by atoms with van der Waals surface area (Å²) in [5, 5.41) is 0.490. The van der Waals surface area contributed by atoms with Gasteiger partial charge >= 0.3 is 5.97 Å². The third-order valence-electron chi connectivity index (χ3n) is 4.06. The van der Waals surface area contributed by atoms with Gasteiger partial charge in [-0.25, -0.2) is 13.4 Å². The molecule has 0 aliphatic rings. The van der Waals surface area contributed by atoms with Gasteiger partial charge in [0, 0.05) is 18.2 Å². The zero-order valence-electron chi connectivity index (χ0n) is 15.8. The molecule has 2 aromatic carbocycles. The van der Waals surface area contributed by atoms with Gasteiger partial charge < -0.3 is 9.47 Å². The van der Waals surface area contributed by atoms with Gasteiger partial charge in [-0.3, -0.25) is 9.36 Å². The number of esters is 1. The molecule has 9 heteroatoms. The summed E-state index contributed by atoms with van der Waals surface area (Å²) in [7, 11) is -3.72. The van der Waals surface area contributed by atoms with Gasteiger partial charge in [-0.2, -0.15) is 0 Å². The molecule has 0 saturated heterocycles. The molecular formula is C20H19ClN2O5S. The summed E-state index contributed by atoms with van der Waals surface area (Å²) in [5.41, 5.74) is 2.34. The lowest BCUT2D eigenvalue weighted by molar-refractivity contribution is -0.138. The van der Waals surface area contributed by atoms with E-state index in [0.29, 0.717) is 23.1 Å². The Labute approximate surface area is 173 Å². The van der Waals surface area contributed by atoms with Crippen molar-refractivity contribution in [3.05, 3.63) is 60.0 Å². The Hall–Kier alpha value is -2.84. The SMILES string of the molecule is CCOc1ccc(-c2cncn2-c2ccc(S(=O)(=O)COC(C)=O)cc2)cc1Cl. The number of halogens is 1. The van der Waals surface area contributed by atoms with Crippen LogP contribution in [0.2, 0.25) is 5.02 Å². The number of imidazole rings is 1. The normalized spacial score (nSPS) is 11.3. The Morgan fingerprint density at radius 1 is 1.17 bits per heavy atom. The van der Waals surface area contributed by atoms with Gasteiger partial charge in [0.1, 0.15) is 5.75 Å². The van der Waals surface area contributed by atoms with E-state index < -0.39 is 21.7 Å². The van der Waals surface area contributed by atoms with E-state index in [1.807, 2.05) is 17.6 Å². The van der Waals surface area contributed by atoms with E-state index in [0.717, 1.165) is 18.2 Å². The number of rotatable bonds is 7. The molecule has 0 saturated carbocycles. The third kappa shape index (κ3) is 4.78. The first-order chi connectivity index (χ1) is 13.8. The second kappa shape index (κ2) is 8.67. The highest BCUT2D eigenvalue weighted by Gasteiger charge is 2.17. The Morgan fingerprint density at radius 2 is 1.90 bits per heavy atom. The largest absolute Gasteiger partial charge is 0.492 e. The predicted octanol–water partition coefficient (Wildman–Crippen LogP) is 3.89. The fraction of sp³-hybridized carbons (Fsp3) is 0.200. The molecule has 3 rings (SSSR count). The highest BCUT2D eigenvalue weighted by Crippen LogP contribution is 2.31. The molecule has 0 bridgehead atoms. The van der Waals surface area contributed by atoms with Crippen LogP contribution in [0.15, 0.2) is 59.9 Å². The van der Waals surface area contributed by atoms with Crippen LogP contribution in [0.25, 0.3) is 16.9 Å². The number of nitrogens with zero attached hydrogens (tertiary/aromatic N) is 2. The number of aromatic nitrogens is 2. The standard InChI is InChI=1S/C20H19ClN2O5S/c1-3-27-20-9-4-15(10-18(20)21)19-11-22-12-23(19)16-5-7-17(8-6-16)29(25,26)13-28-14(2)24/h4-12H,3,13H2,1-2H3. The third-order valence-corrected chi connectivity index (χ3v) is 5.77. The topological polar surface area (TPSA) is 87.5 Å². The van der Waals surface area contributed by atoms with Crippen LogP contribution in [0.1, 0.15) is 13.8 Å². The number of hydrogen-bond donors (Lipinski definition) is 0. The molecule has 29 heavy (non-hydrogen) atoms. The van der Waals surface area contributed by atoms with E-state index in [1.165, 1.54) is 12.1 Å². The lowest BCUT2D eigenvalue weighted by Crippen LogP contribution is -2.12. The van der Waals surface area contributed by atoms with Crippen LogP contribution in [0.3, 0.4) is 0 Å². The molecule has 0 unspecified atom stereocenters. The summed E-state index contributed by atoms with van der Waals surface area (Å²) in [6.07, 6.45) is 3.32. The second-order valence-electron chi connectivity index (χ2n) is 6.09. The number of carbonyl (C=O) groups excluding carboxylic acids is 1. The van der Waals surface area contributed by atoms with Gasteiger partial charge in [0.05, 0.1) is 34.7 Å². The quantitative estimate of drug-likeness (QED) is 0.524. The van der Waals surface area contributed by atoms with E-state index in [2.05, 4.69) is 9.72 Å². The summed E-state index contributed by atoms with van der Waals surface area (Å²) in [6.45, 7) is 3.56. The minimum atomic E-state index is -3.72. The molecule has 0 aliphatic heterocycles. The van der Waals surface area contributed by atoms with Crippen LogP contribution in [0, 0.1) is 0 Å². The summed E-state index contributed by atoms with van der Waals surface area (Å²) in [6, 6.07) is 11.7. The van der Waals surface area contributed by atoms with Crippen LogP contribution in [-0.2, 0) is 19.4 Å². The first kappa shape index (κ1) is 20.9. The molecule has 1 heterocycles. The molecule has 0 atom stereocenters. The molecule has 152 valence electrons. The lowest BCUT2D eigenvalue weighted by atomic mass is 10.1. The summed E-state index contributed by atoms with van der Waals surface area (Å²) in [5.74, 6) is -0.739. The fourth-order valence-electron chi connectivity index (χ4n) is 2.69. The number of carbonyl (C=O) groups is 1. The van der Waals surface area contributed by atoms with Crippen molar-refractivity contribution in [2.45, 2.75) is 18.7 Å². The van der Waals surface area contributed by atoms with E-state index in [-0.39, 0.29) is 4.90 Å². The van der Waals surface area contributed by atoms with Crippen LogP contribution < -0.4 is 4.74 Å². The van der Waals surface area contributed by atoms with Crippen molar-refractivity contribution in [2.24, 2.45) is 0 Å². The maximum absolute atomic E-state index is 12.2. The van der Waals surface area contributed by atoms with E-state index in [1.54, 1.807) is 36.8 Å². The number of sulfone groups is 1. The monoisotopic (exact) mass is 434 g/mol. The van der Waals surface area contributed by atoms with Gasteiger partial charge in [-0.1, -0.05) is 11.6 Å². The molecule has 0 N–H and O–H groups in total. The van der Waals surface area contributed by atoms with Crippen molar-refractivity contribution in [1.82, 2.24) is 9.55 Å². The molecule has 3 aromatic rings. The first-order valence-electron chi connectivity index (χ1n) is 8.73. The highest BCUT2D eigenvalue weighted by atomic mass is 35.5. The van der Waals surface area contributed by atoms with E-state index in [9.17, 15) is 13.2 Å². The van der Waals surface area contributed by atoms with Gasteiger partial charge in [0.15, 0.2) is 5.94 Å². The summed E-state index contributed by atoms with van der Waals surface area (Å²) in [4.78, 5) is 15.1. The molecule has 0 amide bonds. The fourth-order valence-corrected chi connectivity index (χ4v) is 3.93. The molecule has 0 radical (unpaired) electrons. The Morgan fingerprint density at radius 3 is 2.52 bits per heavy atom. The molecule has 0 aliphatic carbocycles. The van der Waals surface area contributed by atoms with Gasteiger partial charge in [-0.15, -0.1) is 0 Å². The average molecular weight is 435 g/mol. The van der Waals surface area contributed by atoms with Crippen molar-refractivity contribution < 1.29 is 22.7 Å². The summed E-state index contributed by atoms with van der Waals surface area (Å²) >= 11 is 6.29. The van der Waals surface area contributed by atoms with Crippen LogP contribution >= 0.6 is 11.6 Å². The van der Waals surface area contributed by atoms with Crippen LogP contribution in [0.4, 0.5) is 0 Å². The van der Waals surface area contributed by atoms with Gasteiger partial charge in [0.25, 0.3) is 0 Å². The maximum atomic E-state index is 12.2.